The van der Waals surface area contributed by atoms with E-state index in [9.17, 15) is 0 Å². The van der Waals surface area contributed by atoms with E-state index in [1.165, 1.54) is 5.56 Å². The Kier molecular flexibility index (Phi) is 3.56. The molecule has 0 saturated carbocycles. The number of para-hydroxylation sites is 1. The van der Waals surface area contributed by atoms with E-state index in [1.807, 2.05) is 42.5 Å². The molecule has 1 aliphatic heterocycles. The van der Waals surface area contributed by atoms with E-state index in [4.69, 9.17) is 27.4 Å². The molecule has 2 N–H and O–H groups in total. The first-order valence-corrected chi connectivity index (χ1v) is 6.90. The lowest BCUT2D eigenvalue weighted by molar-refractivity contribution is 0.148. The average molecular weight is 285 g/mol. The molecule has 3 rings (SSSR count). The van der Waals surface area contributed by atoms with Crippen molar-refractivity contribution in [2.45, 2.75) is 12.5 Å². The van der Waals surface area contributed by atoms with Crippen LogP contribution in [0.15, 0.2) is 48.5 Å². The van der Waals surface area contributed by atoms with Crippen molar-refractivity contribution in [3.63, 3.8) is 0 Å². The van der Waals surface area contributed by atoms with Crippen molar-refractivity contribution in [2.24, 2.45) is 5.73 Å². The Hall–Kier alpha value is -2.07. The first kappa shape index (κ1) is 12.9. The SMILES string of the molecule is NC(=S)c1cccc(OCC2Cc3ccccc3O2)c1. The number of hydrogen-bond acceptors (Lipinski definition) is 3. The Morgan fingerprint density at radius 1 is 1.25 bits per heavy atom. The van der Waals surface area contributed by atoms with Crippen LogP contribution < -0.4 is 15.2 Å². The fraction of sp³-hybridized carbons (Fsp3) is 0.188. The van der Waals surface area contributed by atoms with Crippen LogP contribution in [0.25, 0.3) is 0 Å². The van der Waals surface area contributed by atoms with E-state index in [-0.39, 0.29) is 6.10 Å². The maximum Gasteiger partial charge on any atom is 0.137 e. The van der Waals surface area contributed by atoms with Gasteiger partial charge in [0.1, 0.15) is 29.2 Å². The predicted octanol–water partition coefficient (Wildman–Crippen LogP) is 2.70. The third-order valence-electron chi connectivity index (χ3n) is 3.27. The van der Waals surface area contributed by atoms with Gasteiger partial charge in [-0.1, -0.05) is 42.5 Å². The van der Waals surface area contributed by atoms with Crippen LogP contribution in [0.1, 0.15) is 11.1 Å². The number of nitrogens with two attached hydrogens (primary N) is 1. The molecule has 2 aromatic rings. The highest BCUT2D eigenvalue weighted by Gasteiger charge is 2.22. The molecule has 1 aliphatic rings. The molecular weight excluding hydrogens is 270 g/mol. The summed E-state index contributed by atoms with van der Waals surface area (Å²) in [6.45, 7) is 0.509. The summed E-state index contributed by atoms with van der Waals surface area (Å²) in [5.74, 6) is 1.72. The minimum absolute atomic E-state index is 0.0564. The van der Waals surface area contributed by atoms with Gasteiger partial charge in [0, 0.05) is 12.0 Å². The summed E-state index contributed by atoms with van der Waals surface area (Å²) in [6, 6.07) is 15.6. The summed E-state index contributed by atoms with van der Waals surface area (Å²) in [5, 5.41) is 0. The van der Waals surface area contributed by atoms with Gasteiger partial charge in [-0.05, 0) is 23.8 Å². The molecule has 0 bridgehead atoms. The molecule has 2 aromatic carbocycles. The molecule has 0 radical (unpaired) electrons. The van der Waals surface area contributed by atoms with E-state index in [2.05, 4.69) is 6.07 Å². The molecule has 4 heteroatoms. The summed E-state index contributed by atoms with van der Waals surface area (Å²) in [7, 11) is 0. The van der Waals surface area contributed by atoms with E-state index in [1.54, 1.807) is 0 Å². The van der Waals surface area contributed by atoms with E-state index >= 15 is 0 Å². The number of hydrogen-bond donors (Lipinski definition) is 1. The highest BCUT2D eigenvalue weighted by molar-refractivity contribution is 7.80. The lowest BCUT2D eigenvalue weighted by Crippen LogP contribution is -2.22. The summed E-state index contributed by atoms with van der Waals surface area (Å²) < 4.78 is 11.6. The zero-order valence-corrected chi connectivity index (χ0v) is 11.7. The minimum atomic E-state index is 0.0564. The molecule has 3 nitrogen and oxygen atoms in total. The maximum absolute atomic E-state index is 5.83. The standard InChI is InChI=1S/C16H15NO2S/c17-16(20)12-5-3-6-13(9-12)18-10-14-8-11-4-1-2-7-15(11)19-14/h1-7,9,14H,8,10H2,(H2,17,20). The molecule has 0 aromatic heterocycles. The van der Waals surface area contributed by atoms with Gasteiger partial charge in [0.2, 0.25) is 0 Å². The smallest absolute Gasteiger partial charge is 0.137 e. The quantitative estimate of drug-likeness (QED) is 0.877. The summed E-state index contributed by atoms with van der Waals surface area (Å²) in [5.41, 5.74) is 7.66. The van der Waals surface area contributed by atoms with E-state index < -0.39 is 0 Å². The van der Waals surface area contributed by atoms with E-state index in [0.29, 0.717) is 11.6 Å². The third kappa shape index (κ3) is 2.75. The van der Waals surface area contributed by atoms with Crippen LogP contribution in [0.3, 0.4) is 0 Å². The van der Waals surface area contributed by atoms with E-state index in [0.717, 1.165) is 23.5 Å². The van der Waals surface area contributed by atoms with Gasteiger partial charge in [-0.15, -0.1) is 0 Å². The number of benzene rings is 2. The Bertz CT molecular complexity index is 617. The van der Waals surface area contributed by atoms with Gasteiger partial charge < -0.3 is 15.2 Å². The number of thiocarbonyl (C=S) groups is 1. The fourth-order valence-corrected chi connectivity index (χ4v) is 2.40. The first-order chi connectivity index (χ1) is 9.72. The predicted molar refractivity (Wildman–Crippen MR) is 82.4 cm³/mol. The molecule has 0 fully saturated rings. The van der Waals surface area contributed by atoms with Crippen LogP contribution in [0.2, 0.25) is 0 Å². The second-order valence-electron chi connectivity index (χ2n) is 4.75. The van der Waals surface area contributed by atoms with Crippen LogP contribution in [0.4, 0.5) is 0 Å². The average Bonchev–Trinajstić information content (AvgIpc) is 2.88. The van der Waals surface area contributed by atoms with Crippen LogP contribution >= 0.6 is 12.2 Å². The summed E-state index contributed by atoms with van der Waals surface area (Å²) in [6.07, 6.45) is 0.936. The topological polar surface area (TPSA) is 44.5 Å². The molecule has 20 heavy (non-hydrogen) atoms. The third-order valence-corrected chi connectivity index (χ3v) is 3.50. The Morgan fingerprint density at radius 2 is 2.10 bits per heavy atom. The van der Waals surface area contributed by atoms with Gasteiger partial charge in [0.15, 0.2) is 0 Å². The van der Waals surface area contributed by atoms with Crippen LogP contribution in [-0.4, -0.2) is 17.7 Å². The Morgan fingerprint density at radius 3 is 2.90 bits per heavy atom. The van der Waals surface area contributed by atoms with Gasteiger partial charge in [-0.2, -0.15) is 0 Å². The fourth-order valence-electron chi connectivity index (χ4n) is 2.28. The van der Waals surface area contributed by atoms with Gasteiger partial charge in [0.25, 0.3) is 0 Å². The normalized spacial score (nSPS) is 16.3. The van der Waals surface area contributed by atoms with Crippen molar-refractivity contribution in [3.05, 3.63) is 59.7 Å². The highest BCUT2D eigenvalue weighted by atomic mass is 32.1. The molecule has 0 spiro atoms. The molecule has 1 unspecified atom stereocenters. The number of fused-ring (bicyclic) bond motifs is 1. The molecule has 0 saturated heterocycles. The van der Waals surface area contributed by atoms with Crippen molar-refractivity contribution >= 4 is 17.2 Å². The molecular formula is C16H15NO2S. The van der Waals surface area contributed by atoms with Crippen molar-refractivity contribution < 1.29 is 9.47 Å². The van der Waals surface area contributed by atoms with Gasteiger partial charge in [0.05, 0.1) is 0 Å². The highest BCUT2D eigenvalue weighted by Crippen LogP contribution is 2.28. The number of rotatable bonds is 4. The Balaban J connectivity index is 1.61. The largest absolute Gasteiger partial charge is 0.490 e. The first-order valence-electron chi connectivity index (χ1n) is 6.49. The lowest BCUT2D eigenvalue weighted by Gasteiger charge is -2.13. The van der Waals surface area contributed by atoms with Gasteiger partial charge in [-0.3, -0.25) is 0 Å². The zero-order chi connectivity index (χ0) is 13.9. The van der Waals surface area contributed by atoms with Crippen LogP contribution in [-0.2, 0) is 6.42 Å². The van der Waals surface area contributed by atoms with Crippen LogP contribution in [0.5, 0.6) is 11.5 Å². The monoisotopic (exact) mass is 285 g/mol. The summed E-state index contributed by atoms with van der Waals surface area (Å²) in [4.78, 5) is 0.375. The minimum Gasteiger partial charge on any atom is -0.490 e. The maximum atomic E-state index is 5.83. The van der Waals surface area contributed by atoms with Crippen molar-refractivity contribution in [2.75, 3.05) is 6.61 Å². The van der Waals surface area contributed by atoms with Crippen molar-refractivity contribution in [1.29, 1.82) is 0 Å². The zero-order valence-electron chi connectivity index (χ0n) is 10.9. The van der Waals surface area contributed by atoms with Gasteiger partial charge >= 0.3 is 0 Å². The Labute approximate surface area is 123 Å². The second-order valence-corrected chi connectivity index (χ2v) is 5.19. The van der Waals surface area contributed by atoms with Gasteiger partial charge in [-0.25, -0.2) is 0 Å². The second kappa shape index (κ2) is 5.51. The molecule has 1 heterocycles. The number of ether oxygens (including phenoxy) is 2. The van der Waals surface area contributed by atoms with Crippen molar-refractivity contribution in [1.82, 2.24) is 0 Å². The summed E-state index contributed by atoms with van der Waals surface area (Å²) >= 11 is 4.96. The molecule has 0 aliphatic carbocycles. The molecule has 102 valence electrons. The van der Waals surface area contributed by atoms with Crippen LogP contribution in [0, 0.1) is 0 Å². The molecule has 1 atom stereocenters. The molecule has 0 amide bonds. The lowest BCUT2D eigenvalue weighted by atomic mass is 10.1. The van der Waals surface area contributed by atoms with Crippen molar-refractivity contribution in [3.8, 4) is 11.5 Å².